The number of aromatic hydroxyl groups is 1. The summed E-state index contributed by atoms with van der Waals surface area (Å²) in [5.74, 6) is -0.255. The van der Waals surface area contributed by atoms with E-state index in [1.165, 1.54) is 19.4 Å². The third-order valence-corrected chi connectivity index (χ3v) is 4.13. The van der Waals surface area contributed by atoms with Gasteiger partial charge in [-0.1, -0.05) is 17.7 Å². The molecule has 2 aromatic carbocycles. The van der Waals surface area contributed by atoms with Crippen LogP contribution in [0.4, 0.5) is 5.69 Å². The Bertz CT molecular complexity index is 884. The van der Waals surface area contributed by atoms with Gasteiger partial charge in [-0.2, -0.15) is 5.10 Å². The standard InChI is InChI=1S/C21H25N3O4/c1-13-9-14(2)21(15(3)10-13)23-19(26)7-8-20(27)24-22-12-16-5-6-17(25)18(11-16)28-4/h5-6,9-12,25H,7-8H2,1-4H3,(H,23,26)(H,24,27)/b22-12+. The van der Waals surface area contributed by atoms with Gasteiger partial charge in [0.15, 0.2) is 11.5 Å². The molecule has 0 aliphatic rings. The van der Waals surface area contributed by atoms with Crippen molar-refractivity contribution in [1.29, 1.82) is 0 Å². The van der Waals surface area contributed by atoms with E-state index < -0.39 is 0 Å². The highest BCUT2D eigenvalue weighted by Gasteiger charge is 2.10. The fourth-order valence-electron chi connectivity index (χ4n) is 2.82. The number of hydrogen-bond acceptors (Lipinski definition) is 5. The fraction of sp³-hybridized carbons (Fsp3) is 0.286. The van der Waals surface area contributed by atoms with Crippen molar-refractivity contribution in [1.82, 2.24) is 5.43 Å². The lowest BCUT2D eigenvalue weighted by molar-refractivity contribution is -0.124. The summed E-state index contributed by atoms with van der Waals surface area (Å²) in [6.45, 7) is 5.88. The van der Waals surface area contributed by atoms with Gasteiger partial charge in [0.1, 0.15) is 0 Å². The second kappa shape index (κ2) is 9.55. The van der Waals surface area contributed by atoms with Crippen LogP contribution in [-0.4, -0.2) is 30.2 Å². The van der Waals surface area contributed by atoms with Crippen LogP contribution in [0.5, 0.6) is 11.5 Å². The molecule has 0 fully saturated rings. The Kier molecular flexibility index (Phi) is 7.14. The minimum absolute atomic E-state index is 0.0199. The third kappa shape index (κ3) is 5.84. The number of methoxy groups -OCH3 is 1. The van der Waals surface area contributed by atoms with E-state index in [4.69, 9.17) is 4.74 Å². The molecule has 0 heterocycles. The van der Waals surface area contributed by atoms with Gasteiger partial charge in [0.05, 0.1) is 13.3 Å². The predicted molar refractivity (Wildman–Crippen MR) is 109 cm³/mol. The van der Waals surface area contributed by atoms with E-state index in [1.54, 1.807) is 12.1 Å². The number of nitrogens with one attached hydrogen (secondary N) is 2. The number of phenolic OH excluding ortho intramolecular Hbond substituents is 1. The maximum atomic E-state index is 12.1. The SMILES string of the molecule is COc1cc(/C=N/NC(=O)CCC(=O)Nc2c(C)cc(C)cc2C)ccc1O. The smallest absolute Gasteiger partial charge is 0.240 e. The third-order valence-electron chi connectivity index (χ3n) is 4.13. The van der Waals surface area contributed by atoms with Crippen molar-refractivity contribution in [2.45, 2.75) is 33.6 Å². The maximum absolute atomic E-state index is 12.1. The molecule has 28 heavy (non-hydrogen) atoms. The molecule has 0 unspecified atom stereocenters. The number of carbonyl (C=O) groups is 2. The monoisotopic (exact) mass is 383 g/mol. The first-order valence-electron chi connectivity index (χ1n) is 8.86. The molecule has 0 aliphatic carbocycles. The molecule has 3 N–H and O–H groups in total. The highest BCUT2D eigenvalue weighted by molar-refractivity contribution is 5.94. The fourth-order valence-corrected chi connectivity index (χ4v) is 2.82. The zero-order valence-electron chi connectivity index (χ0n) is 16.5. The lowest BCUT2D eigenvalue weighted by atomic mass is 10.0. The van der Waals surface area contributed by atoms with E-state index in [-0.39, 0.29) is 30.4 Å². The number of aryl methyl sites for hydroxylation is 3. The van der Waals surface area contributed by atoms with E-state index in [9.17, 15) is 14.7 Å². The van der Waals surface area contributed by atoms with Crippen molar-refractivity contribution in [3.8, 4) is 11.5 Å². The molecule has 7 heteroatoms. The Hall–Kier alpha value is -3.35. The number of ether oxygens (including phenoxy) is 1. The number of carbonyl (C=O) groups excluding carboxylic acids is 2. The molecule has 0 spiro atoms. The summed E-state index contributed by atoms with van der Waals surface area (Å²) in [6, 6.07) is 8.70. The number of hydrazone groups is 1. The molecule has 2 aromatic rings. The molecule has 7 nitrogen and oxygen atoms in total. The van der Waals surface area contributed by atoms with E-state index in [0.717, 1.165) is 22.4 Å². The highest BCUT2D eigenvalue weighted by Crippen LogP contribution is 2.25. The highest BCUT2D eigenvalue weighted by atomic mass is 16.5. The van der Waals surface area contributed by atoms with E-state index >= 15 is 0 Å². The minimum atomic E-state index is -0.366. The number of rotatable bonds is 7. The van der Waals surface area contributed by atoms with Crippen LogP contribution in [0.2, 0.25) is 0 Å². The molecule has 0 bridgehead atoms. The van der Waals surface area contributed by atoms with Crippen LogP contribution in [0.1, 0.15) is 35.1 Å². The van der Waals surface area contributed by atoms with E-state index in [0.29, 0.717) is 11.3 Å². The molecule has 0 saturated carbocycles. The summed E-state index contributed by atoms with van der Waals surface area (Å²) in [6.07, 6.45) is 1.51. The first-order chi connectivity index (χ1) is 13.3. The summed E-state index contributed by atoms with van der Waals surface area (Å²) < 4.78 is 5.01. The van der Waals surface area contributed by atoms with Gasteiger partial charge in [-0.05, 0) is 55.7 Å². The van der Waals surface area contributed by atoms with Gasteiger partial charge in [0.2, 0.25) is 11.8 Å². The Morgan fingerprint density at radius 3 is 2.36 bits per heavy atom. The van der Waals surface area contributed by atoms with Gasteiger partial charge in [0.25, 0.3) is 0 Å². The van der Waals surface area contributed by atoms with Crippen LogP contribution >= 0.6 is 0 Å². The zero-order valence-corrected chi connectivity index (χ0v) is 16.5. The Balaban J connectivity index is 1.83. The lowest BCUT2D eigenvalue weighted by Crippen LogP contribution is -2.21. The molecule has 148 valence electrons. The molecular weight excluding hydrogens is 358 g/mol. The zero-order chi connectivity index (χ0) is 20.7. The van der Waals surface area contributed by atoms with Gasteiger partial charge in [0, 0.05) is 18.5 Å². The van der Waals surface area contributed by atoms with Crippen LogP contribution in [0.3, 0.4) is 0 Å². The van der Waals surface area contributed by atoms with Crippen molar-refractivity contribution in [3.63, 3.8) is 0 Å². The first-order valence-corrected chi connectivity index (χ1v) is 8.86. The summed E-state index contributed by atoms with van der Waals surface area (Å²) in [4.78, 5) is 24.0. The van der Waals surface area contributed by atoms with Crippen LogP contribution in [0.15, 0.2) is 35.4 Å². The van der Waals surface area contributed by atoms with Gasteiger partial charge in [-0.25, -0.2) is 5.43 Å². The van der Waals surface area contributed by atoms with Crippen molar-refractivity contribution in [2.75, 3.05) is 12.4 Å². The minimum Gasteiger partial charge on any atom is -0.504 e. The summed E-state index contributed by atoms with van der Waals surface area (Å²) in [5.41, 5.74) is 6.93. The van der Waals surface area contributed by atoms with Gasteiger partial charge in [-0.15, -0.1) is 0 Å². The summed E-state index contributed by atoms with van der Waals surface area (Å²) in [5, 5.41) is 16.3. The van der Waals surface area contributed by atoms with Crippen molar-refractivity contribution in [3.05, 3.63) is 52.6 Å². The van der Waals surface area contributed by atoms with E-state index in [2.05, 4.69) is 15.8 Å². The first kappa shape index (κ1) is 21.0. The Morgan fingerprint density at radius 1 is 1.07 bits per heavy atom. The Morgan fingerprint density at radius 2 is 1.71 bits per heavy atom. The van der Waals surface area contributed by atoms with Gasteiger partial charge in [-0.3, -0.25) is 9.59 Å². The van der Waals surface area contributed by atoms with Gasteiger partial charge >= 0.3 is 0 Å². The second-order valence-corrected chi connectivity index (χ2v) is 6.55. The summed E-state index contributed by atoms with van der Waals surface area (Å²) >= 11 is 0. The molecule has 2 amide bonds. The van der Waals surface area contributed by atoms with Crippen LogP contribution in [0, 0.1) is 20.8 Å². The average Bonchev–Trinajstić information content (AvgIpc) is 2.64. The quantitative estimate of drug-likeness (QED) is 0.505. The lowest BCUT2D eigenvalue weighted by Gasteiger charge is -2.12. The number of nitrogens with zero attached hydrogens (tertiary/aromatic N) is 1. The molecule has 0 aromatic heterocycles. The molecule has 0 atom stereocenters. The largest absolute Gasteiger partial charge is 0.504 e. The number of anilines is 1. The number of phenols is 1. The molecule has 2 rings (SSSR count). The van der Waals surface area contributed by atoms with Crippen LogP contribution in [0.25, 0.3) is 0 Å². The average molecular weight is 383 g/mol. The van der Waals surface area contributed by atoms with Crippen molar-refractivity contribution >= 4 is 23.7 Å². The number of benzene rings is 2. The van der Waals surface area contributed by atoms with E-state index in [1.807, 2.05) is 32.9 Å². The topological polar surface area (TPSA) is 100 Å². The maximum Gasteiger partial charge on any atom is 0.240 e. The van der Waals surface area contributed by atoms with Gasteiger partial charge < -0.3 is 15.2 Å². The molecule has 0 radical (unpaired) electrons. The predicted octanol–water partition coefficient (Wildman–Crippen LogP) is 3.20. The molecule has 0 saturated heterocycles. The van der Waals surface area contributed by atoms with Crippen molar-refractivity contribution in [2.24, 2.45) is 5.10 Å². The Labute approximate surface area is 164 Å². The molecular formula is C21H25N3O4. The summed E-state index contributed by atoms with van der Waals surface area (Å²) in [7, 11) is 1.45. The second-order valence-electron chi connectivity index (χ2n) is 6.55. The van der Waals surface area contributed by atoms with Crippen molar-refractivity contribution < 1.29 is 19.4 Å². The normalized spacial score (nSPS) is 10.7. The number of amides is 2. The van der Waals surface area contributed by atoms with Crippen LogP contribution in [-0.2, 0) is 9.59 Å². The molecule has 0 aliphatic heterocycles. The number of hydrogen-bond donors (Lipinski definition) is 3. The van der Waals surface area contributed by atoms with Crippen LogP contribution < -0.4 is 15.5 Å².